The number of hydrogen-bond acceptors (Lipinski definition) is 3. The molecule has 0 fully saturated rings. The quantitative estimate of drug-likeness (QED) is 0.789. The van der Waals surface area contributed by atoms with E-state index >= 15 is 0 Å². The van der Waals surface area contributed by atoms with Crippen LogP contribution in [0.25, 0.3) is 0 Å². The molecular formula is C13H21ClN4. The average molecular weight is 269 g/mol. The predicted molar refractivity (Wildman–Crippen MR) is 73.4 cm³/mol. The van der Waals surface area contributed by atoms with Crippen molar-refractivity contribution < 1.29 is 0 Å². The van der Waals surface area contributed by atoms with E-state index in [1.165, 1.54) is 0 Å². The first-order valence-corrected chi connectivity index (χ1v) is 6.88. The monoisotopic (exact) mass is 268 g/mol. The van der Waals surface area contributed by atoms with Gasteiger partial charge in [-0.15, -0.1) is 0 Å². The van der Waals surface area contributed by atoms with Crippen LogP contribution in [0.4, 0.5) is 0 Å². The van der Waals surface area contributed by atoms with Crippen LogP contribution in [0.1, 0.15) is 39.5 Å². The van der Waals surface area contributed by atoms with Gasteiger partial charge >= 0.3 is 0 Å². The van der Waals surface area contributed by atoms with E-state index in [1.807, 2.05) is 4.68 Å². The fraction of sp³-hybridized carbons (Fsp3) is 0.692. The first-order valence-electron chi connectivity index (χ1n) is 6.50. The molecule has 1 aromatic heterocycles. The molecule has 0 bridgehead atoms. The molecule has 0 saturated heterocycles. The molecular weight excluding hydrogens is 248 g/mol. The van der Waals surface area contributed by atoms with Gasteiger partial charge in [-0.2, -0.15) is 10.4 Å². The number of aryl methyl sites for hydroxylation is 1. The van der Waals surface area contributed by atoms with Gasteiger partial charge in [-0.3, -0.25) is 10.00 Å². The first-order chi connectivity index (χ1) is 8.65. The molecule has 18 heavy (non-hydrogen) atoms. The van der Waals surface area contributed by atoms with Gasteiger partial charge in [-0.05, 0) is 32.2 Å². The van der Waals surface area contributed by atoms with Gasteiger partial charge in [0.1, 0.15) is 5.54 Å². The van der Waals surface area contributed by atoms with Crippen molar-refractivity contribution in [2.45, 2.75) is 51.6 Å². The summed E-state index contributed by atoms with van der Waals surface area (Å²) in [6.07, 6.45) is 7.05. The molecule has 1 rings (SSSR count). The molecule has 0 amide bonds. The van der Waals surface area contributed by atoms with Crippen LogP contribution in [-0.2, 0) is 6.54 Å². The highest BCUT2D eigenvalue weighted by atomic mass is 35.5. The maximum absolute atomic E-state index is 9.35. The molecule has 1 heterocycles. The molecule has 1 unspecified atom stereocenters. The van der Waals surface area contributed by atoms with E-state index in [0.717, 1.165) is 38.8 Å². The van der Waals surface area contributed by atoms with Crippen LogP contribution in [-0.4, -0.2) is 21.9 Å². The van der Waals surface area contributed by atoms with Crippen LogP contribution >= 0.6 is 11.6 Å². The Kier molecular flexibility index (Phi) is 6.17. The second kappa shape index (κ2) is 7.40. The van der Waals surface area contributed by atoms with Crippen molar-refractivity contribution in [3.8, 4) is 6.07 Å². The van der Waals surface area contributed by atoms with E-state index in [1.54, 1.807) is 12.4 Å². The number of nitriles is 1. The summed E-state index contributed by atoms with van der Waals surface area (Å²) in [5, 5.41) is 17.5. The highest BCUT2D eigenvalue weighted by molar-refractivity contribution is 6.30. The molecule has 100 valence electrons. The Morgan fingerprint density at radius 3 is 2.83 bits per heavy atom. The van der Waals surface area contributed by atoms with Crippen molar-refractivity contribution in [1.82, 2.24) is 15.1 Å². The fourth-order valence-corrected chi connectivity index (χ4v) is 2.09. The SMILES string of the molecule is CCCNC(C#N)(CC)CCCn1cc(Cl)cn1. The lowest BCUT2D eigenvalue weighted by atomic mass is 9.92. The minimum absolute atomic E-state index is 0.396. The van der Waals surface area contributed by atoms with Gasteiger partial charge in [0, 0.05) is 12.7 Å². The summed E-state index contributed by atoms with van der Waals surface area (Å²) < 4.78 is 1.82. The van der Waals surface area contributed by atoms with Crippen molar-refractivity contribution in [3.63, 3.8) is 0 Å². The Labute approximate surface area is 114 Å². The molecule has 5 heteroatoms. The molecule has 0 aliphatic heterocycles. The van der Waals surface area contributed by atoms with Crippen LogP contribution in [0.3, 0.4) is 0 Å². The number of halogens is 1. The van der Waals surface area contributed by atoms with Crippen LogP contribution in [0, 0.1) is 11.3 Å². The molecule has 0 radical (unpaired) electrons. The van der Waals surface area contributed by atoms with E-state index in [0.29, 0.717) is 5.02 Å². The highest BCUT2D eigenvalue weighted by Gasteiger charge is 2.26. The van der Waals surface area contributed by atoms with Gasteiger partial charge < -0.3 is 0 Å². The zero-order valence-corrected chi connectivity index (χ0v) is 11.9. The summed E-state index contributed by atoms with van der Waals surface area (Å²) in [6, 6.07) is 2.42. The minimum Gasteiger partial charge on any atom is -0.299 e. The second-order valence-corrected chi connectivity index (χ2v) is 4.94. The lowest BCUT2D eigenvalue weighted by Crippen LogP contribution is -2.43. The standard InChI is InChI=1S/C13H21ClN4/c1-3-7-16-13(4-2,11-15)6-5-8-18-10-12(14)9-17-18/h9-10,16H,3-8H2,1-2H3. The maximum atomic E-state index is 9.35. The largest absolute Gasteiger partial charge is 0.299 e. The number of nitrogens with one attached hydrogen (secondary N) is 1. The van der Waals surface area contributed by atoms with Crippen molar-refractivity contribution in [2.75, 3.05) is 6.54 Å². The Balaban J connectivity index is 2.45. The zero-order valence-electron chi connectivity index (χ0n) is 11.1. The number of aromatic nitrogens is 2. The summed E-state index contributed by atoms with van der Waals surface area (Å²) in [6.45, 7) is 5.84. The summed E-state index contributed by atoms with van der Waals surface area (Å²) in [7, 11) is 0. The normalized spacial score (nSPS) is 14.1. The predicted octanol–water partition coefficient (Wildman–Crippen LogP) is 2.99. The van der Waals surface area contributed by atoms with E-state index in [-0.39, 0.29) is 0 Å². The van der Waals surface area contributed by atoms with Crippen molar-refractivity contribution in [3.05, 3.63) is 17.4 Å². The number of hydrogen-bond donors (Lipinski definition) is 1. The molecule has 1 N–H and O–H groups in total. The molecule has 0 saturated carbocycles. The summed E-state index contributed by atoms with van der Waals surface area (Å²) >= 11 is 5.80. The summed E-state index contributed by atoms with van der Waals surface area (Å²) in [4.78, 5) is 0. The lowest BCUT2D eigenvalue weighted by molar-refractivity contribution is 0.352. The summed E-state index contributed by atoms with van der Waals surface area (Å²) in [5.74, 6) is 0. The first kappa shape index (κ1) is 15.0. The Hall–Kier alpha value is -1.05. The topological polar surface area (TPSA) is 53.6 Å². The smallest absolute Gasteiger partial charge is 0.106 e. The van der Waals surface area contributed by atoms with Crippen molar-refractivity contribution in [1.29, 1.82) is 5.26 Å². The minimum atomic E-state index is -0.396. The zero-order chi connectivity index (χ0) is 13.4. The third-order valence-electron chi connectivity index (χ3n) is 3.12. The molecule has 1 atom stereocenters. The Bertz CT molecular complexity index is 396. The third kappa shape index (κ3) is 4.32. The van der Waals surface area contributed by atoms with Crippen LogP contribution in [0.2, 0.25) is 5.02 Å². The van der Waals surface area contributed by atoms with E-state index in [9.17, 15) is 5.26 Å². The number of nitrogens with zero attached hydrogens (tertiary/aromatic N) is 3. The fourth-order valence-electron chi connectivity index (χ4n) is 1.93. The van der Waals surface area contributed by atoms with Crippen molar-refractivity contribution in [2.24, 2.45) is 0 Å². The highest BCUT2D eigenvalue weighted by Crippen LogP contribution is 2.17. The van der Waals surface area contributed by atoms with E-state index in [4.69, 9.17) is 11.6 Å². The van der Waals surface area contributed by atoms with Gasteiger partial charge in [0.05, 0.1) is 17.3 Å². The lowest BCUT2D eigenvalue weighted by Gasteiger charge is -2.26. The molecule has 4 nitrogen and oxygen atoms in total. The van der Waals surface area contributed by atoms with E-state index in [2.05, 4.69) is 30.3 Å². The Morgan fingerprint density at radius 1 is 1.56 bits per heavy atom. The molecule has 0 aliphatic rings. The van der Waals surface area contributed by atoms with Crippen LogP contribution < -0.4 is 5.32 Å². The number of rotatable bonds is 8. The van der Waals surface area contributed by atoms with Gasteiger partial charge in [0.15, 0.2) is 0 Å². The average Bonchev–Trinajstić information content (AvgIpc) is 2.80. The summed E-state index contributed by atoms with van der Waals surface area (Å²) in [5.41, 5.74) is -0.396. The van der Waals surface area contributed by atoms with Gasteiger partial charge in [0.25, 0.3) is 0 Å². The van der Waals surface area contributed by atoms with Crippen LogP contribution in [0.15, 0.2) is 12.4 Å². The van der Waals surface area contributed by atoms with Crippen molar-refractivity contribution >= 4 is 11.6 Å². The van der Waals surface area contributed by atoms with Gasteiger partial charge in [-0.1, -0.05) is 25.4 Å². The third-order valence-corrected chi connectivity index (χ3v) is 3.32. The molecule has 0 aliphatic carbocycles. The van der Waals surface area contributed by atoms with Gasteiger partial charge in [0.2, 0.25) is 0 Å². The van der Waals surface area contributed by atoms with Gasteiger partial charge in [-0.25, -0.2) is 0 Å². The van der Waals surface area contributed by atoms with E-state index < -0.39 is 5.54 Å². The molecule has 1 aromatic rings. The maximum Gasteiger partial charge on any atom is 0.106 e. The Morgan fingerprint density at radius 2 is 2.33 bits per heavy atom. The second-order valence-electron chi connectivity index (χ2n) is 4.50. The van der Waals surface area contributed by atoms with Crippen LogP contribution in [0.5, 0.6) is 0 Å². The molecule has 0 aromatic carbocycles. The molecule has 0 spiro atoms.